The number of benzene rings is 2. The van der Waals surface area contributed by atoms with Gasteiger partial charge in [-0.25, -0.2) is 0 Å². The summed E-state index contributed by atoms with van der Waals surface area (Å²) in [6, 6.07) is 14.3. The highest BCUT2D eigenvalue weighted by atomic mass is 35.5. The molecule has 3 aromatic rings. The van der Waals surface area contributed by atoms with Gasteiger partial charge in [-0.1, -0.05) is 54.9 Å². The first-order chi connectivity index (χ1) is 13.5. The van der Waals surface area contributed by atoms with Crippen molar-refractivity contribution in [1.82, 2.24) is 20.4 Å². The fourth-order valence-electron chi connectivity index (χ4n) is 3.36. The van der Waals surface area contributed by atoms with E-state index >= 15 is 0 Å². The summed E-state index contributed by atoms with van der Waals surface area (Å²) in [4.78, 5) is 14.6. The number of fused-ring (bicyclic) bond motifs is 1. The van der Waals surface area contributed by atoms with Gasteiger partial charge < -0.3 is 10.2 Å². The topological polar surface area (TPSA) is 61.0 Å². The van der Waals surface area contributed by atoms with Crippen LogP contribution in [0, 0.1) is 0 Å². The van der Waals surface area contributed by atoms with E-state index in [9.17, 15) is 4.79 Å². The quantitative estimate of drug-likeness (QED) is 0.603. The Morgan fingerprint density at radius 2 is 1.96 bits per heavy atom. The number of hydrogen-bond acceptors (Lipinski definition) is 3. The number of nitrogens with zero attached hydrogens (tertiary/aromatic N) is 2. The molecule has 1 amide bonds. The number of carbonyl (C=O) groups excluding carboxylic acids is 1. The van der Waals surface area contributed by atoms with E-state index < -0.39 is 0 Å². The normalized spacial score (nSPS) is 13.6. The second kappa shape index (κ2) is 9.22. The average molecular weight is 399 g/mol. The summed E-state index contributed by atoms with van der Waals surface area (Å²) >= 11 is 6.57. The second-order valence-corrected chi connectivity index (χ2v) is 7.89. The summed E-state index contributed by atoms with van der Waals surface area (Å²) < 4.78 is 0. The summed E-state index contributed by atoms with van der Waals surface area (Å²) in [7, 11) is 4.04. The van der Waals surface area contributed by atoms with Crippen LogP contribution >= 0.6 is 11.6 Å². The highest BCUT2D eigenvalue weighted by Crippen LogP contribution is 2.27. The van der Waals surface area contributed by atoms with E-state index in [4.69, 9.17) is 11.6 Å². The molecular formula is C22H27ClN4O. The fraction of sp³-hybridized carbons (Fsp3) is 0.364. The highest BCUT2D eigenvalue weighted by Gasteiger charge is 2.18. The van der Waals surface area contributed by atoms with Crippen molar-refractivity contribution >= 4 is 28.4 Å². The van der Waals surface area contributed by atoms with Gasteiger partial charge in [0.15, 0.2) is 0 Å². The molecule has 0 bridgehead atoms. The van der Waals surface area contributed by atoms with Crippen molar-refractivity contribution in [3.05, 3.63) is 64.8 Å². The third kappa shape index (κ3) is 4.91. The van der Waals surface area contributed by atoms with Gasteiger partial charge in [-0.15, -0.1) is 0 Å². The van der Waals surface area contributed by atoms with Gasteiger partial charge in [0.25, 0.3) is 0 Å². The van der Waals surface area contributed by atoms with Crippen LogP contribution in [0.15, 0.2) is 48.7 Å². The lowest BCUT2D eigenvalue weighted by Gasteiger charge is -2.25. The van der Waals surface area contributed by atoms with Gasteiger partial charge in [-0.3, -0.25) is 9.89 Å². The van der Waals surface area contributed by atoms with Crippen LogP contribution in [-0.2, 0) is 11.2 Å². The van der Waals surface area contributed by atoms with Crippen molar-refractivity contribution in [2.75, 3.05) is 20.6 Å². The largest absolute Gasteiger partial charge is 0.355 e. The molecule has 28 heavy (non-hydrogen) atoms. The molecule has 1 aromatic heterocycles. The zero-order valence-corrected chi connectivity index (χ0v) is 17.3. The molecule has 0 saturated carbocycles. The number of hydrogen-bond donors (Lipinski definition) is 2. The van der Waals surface area contributed by atoms with Gasteiger partial charge in [-0.05, 0) is 43.6 Å². The van der Waals surface area contributed by atoms with Crippen LogP contribution in [0.1, 0.15) is 30.4 Å². The van der Waals surface area contributed by atoms with Gasteiger partial charge in [0.05, 0.1) is 16.7 Å². The molecule has 6 heteroatoms. The maximum absolute atomic E-state index is 12.4. The Morgan fingerprint density at radius 3 is 2.68 bits per heavy atom. The van der Waals surface area contributed by atoms with Crippen LogP contribution in [0.4, 0.5) is 0 Å². The molecule has 3 rings (SSSR count). The van der Waals surface area contributed by atoms with Gasteiger partial charge in [0, 0.05) is 24.4 Å². The maximum atomic E-state index is 12.4. The van der Waals surface area contributed by atoms with E-state index in [1.54, 1.807) is 6.20 Å². The molecule has 2 N–H and O–H groups in total. The number of aromatic nitrogens is 2. The molecular weight excluding hydrogens is 372 g/mol. The smallest absolute Gasteiger partial charge is 0.220 e. The number of rotatable bonds is 8. The third-order valence-electron chi connectivity index (χ3n) is 5.22. The summed E-state index contributed by atoms with van der Waals surface area (Å²) in [5.74, 6) is 0.261. The molecule has 0 aliphatic heterocycles. The number of aromatic amines is 1. The Hall–Kier alpha value is -2.37. The van der Waals surface area contributed by atoms with Crippen molar-refractivity contribution in [2.24, 2.45) is 0 Å². The van der Waals surface area contributed by atoms with E-state index in [-0.39, 0.29) is 17.9 Å². The van der Waals surface area contributed by atoms with E-state index in [2.05, 4.69) is 39.5 Å². The average Bonchev–Trinajstić information content (AvgIpc) is 3.16. The molecule has 5 nitrogen and oxygen atoms in total. The minimum Gasteiger partial charge on any atom is -0.355 e. The summed E-state index contributed by atoms with van der Waals surface area (Å²) in [5, 5.41) is 11.7. The lowest BCUT2D eigenvalue weighted by atomic mass is 9.97. The predicted octanol–water partition coefficient (Wildman–Crippen LogP) is 4.00. The van der Waals surface area contributed by atoms with Crippen LogP contribution in [0.25, 0.3) is 10.9 Å². The Bertz CT molecular complexity index is 923. The number of H-pyrrole nitrogens is 1. The molecule has 148 valence electrons. The van der Waals surface area contributed by atoms with E-state index in [0.29, 0.717) is 13.0 Å². The van der Waals surface area contributed by atoms with Crippen molar-refractivity contribution < 1.29 is 4.79 Å². The minimum atomic E-state index is 0.0691. The number of carbonyl (C=O) groups is 1. The first kappa shape index (κ1) is 20.4. The standard InChI is InChI=1S/C22H27ClN4O/c1-15(16-7-5-4-6-8-16)11-21(28)24-13-18(27(2)3)12-17-9-10-20-19(22(17)23)14-25-26-20/h4-10,14-15,18H,11-13H2,1-3H3,(H,24,28)(H,25,26)/t15-,18-/m0/s1. The number of halogens is 1. The van der Waals surface area contributed by atoms with Gasteiger partial charge in [0.1, 0.15) is 0 Å². The molecule has 0 unspecified atom stereocenters. The van der Waals surface area contributed by atoms with Crippen LogP contribution in [0.2, 0.25) is 5.02 Å². The van der Waals surface area contributed by atoms with E-state index in [1.165, 1.54) is 5.56 Å². The molecule has 0 radical (unpaired) electrons. The van der Waals surface area contributed by atoms with Crippen molar-refractivity contribution in [2.45, 2.75) is 31.7 Å². The minimum absolute atomic E-state index is 0.0691. The Morgan fingerprint density at radius 1 is 1.21 bits per heavy atom. The maximum Gasteiger partial charge on any atom is 0.220 e. The second-order valence-electron chi connectivity index (χ2n) is 7.51. The molecule has 2 aromatic carbocycles. The lowest BCUT2D eigenvalue weighted by Crippen LogP contribution is -2.41. The van der Waals surface area contributed by atoms with Crippen molar-refractivity contribution in [3.63, 3.8) is 0 Å². The Kier molecular flexibility index (Phi) is 6.70. The Balaban J connectivity index is 1.60. The first-order valence-electron chi connectivity index (χ1n) is 9.54. The predicted molar refractivity (Wildman–Crippen MR) is 115 cm³/mol. The van der Waals surface area contributed by atoms with E-state index in [0.717, 1.165) is 27.9 Å². The van der Waals surface area contributed by atoms with Crippen molar-refractivity contribution in [1.29, 1.82) is 0 Å². The lowest BCUT2D eigenvalue weighted by molar-refractivity contribution is -0.121. The molecule has 0 aliphatic carbocycles. The van der Waals surface area contributed by atoms with Crippen LogP contribution in [0.5, 0.6) is 0 Å². The van der Waals surface area contributed by atoms with E-state index in [1.807, 2.05) is 44.4 Å². The number of amides is 1. The molecule has 0 saturated heterocycles. The zero-order chi connectivity index (χ0) is 20.1. The highest BCUT2D eigenvalue weighted by molar-refractivity contribution is 6.36. The molecule has 0 aliphatic rings. The fourth-order valence-corrected chi connectivity index (χ4v) is 3.65. The monoisotopic (exact) mass is 398 g/mol. The molecule has 0 spiro atoms. The zero-order valence-electron chi connectivity index (χ0n) is 16.6. The molecule has 1 heterocycles. The molecule has 2 atom stereocenters. The SMILES string of the molecule is C[C@@H](CC(=O)NC[C@H](Cc1ccc2[nH]ncc2c1Cl)N(C)C)c1ccccc1. The van der Waals surface area contributed by atoms with Crippen molar-refractivity contribution in [3.8, 4) is 0 Å². The first-order valence-corrected chi connectivity index (χ1v) is 9.92. The van der Waals surface area contributed by atoms with Gasteiger partial charge >= 0.3 is 0 Å². The summed E-state index contributed by atoms with van der Waals surface area (Å²) in [5.41, 5.74) is 3.17. The third-order valence-corrected chi connectivity index (χ3v) is 5.67. The van der Waals surface area contributed by atoms with Gasteiger partial charge in [0.2, 0.25) is 5.91 Å². The van der Waals surface area contributed by atoms with Gasteiger partial charge in [-0.2, -0.15) is 5.10 Å². The summed E-state index contributed by atoms with van der Waals surface area (Å²) in [6.07, 6.45) is 2.98. The number of likely N-dealkylation sites (N-methyl/N-ethyl adjacent to an activating group) is 1. The van der Waals surface area contributed by atoms with Crippen LogP contribution < -0.4 is 5.32 Å². The molecule has 0 fully saturated rings. The van der Waals surface area contributed by atoms with Crippen LogP contribution in [0.3, 0.4) is 0 Å². The summed E-state index contributed by atoms with van der Waals surface area (Å²) in [6.45, 7) is 2.66. The number of nitrogens with one attached hydrogen (secondary N) is 2. The Labute approximate surface area is 171 Å². The van der Waals surface area contributed by atoms with Crippen LogP contribution in [-0.4, -0.2) is 47.7 Å².